The van der Waals surface area contributed by atoms with Crippen LogP contribution in [0.5, 0.6) is 0 Å². The van der Waals surface area contributed by atoms with Gasteiger partial charge in [0.25, 0.3) is 0 Å². The van der Waals surface area contributed by atoms with E-state index < -0.39 is 0 Å². The topological polar surface area (TPSA) is 17.8 Å². The Hall–Kier alpha value is -6.77. The Morgan fingerprint density at radius 1 is 0.537 bits per heavy atom. The van der Waals surface area contributed by atoms with Crippen molar-refractivity contribution in [1.29, 1.82) is 0 Å². The number of pyridine rings is 1. The molecule has 1 aliphatic carbocycles. The van der Waals surface area contributed by atoms with Crippen molar-refractivity contribution in [3.8, 4) is 39.1 Å². The van der Waals surface area contributed by atoms with Gasteiger partial charge in [-0.1, -0.05) is 153 Å². The SMILES string of the molecule is CC1(C)c2ccccc2-c2cccc(C(=Cc3ccc(-c4cccnc4)cc3)c3ccc(-c4ccc5c(c4)c4ccccc4n5-c4ccccc4)cc3)c21. The van der Waals surface area contributed by atoms with Crippen LogP contribution in [-0.4, -0.2) is 9.55 Å². The Morgan fingerprint density at radius 2 is 1.22 bits per heavy atom. The van der Waals surface area contributed by atoms with Gasteiger partial charge in [0.05, 0.1) is 11.0 Å². The maximum atomic E-state index is 4.33. The minimum Gasteiger partial charge on any atom is -0.309 e. The Kier molecular flexibility index (Phi) is 7.52. The normalized spacial score (nSPS) is 13.3. The molecule has 0 atom stereocenters. The molecule has 1 aliphatic rings. The first-order chi connectivity index (χ1) is 26.5. The van der Waals surface area contributed by atoms with Crippen molar-refractivity contribution in [2.45, 2.75) is 19.3 Å². The molecular weight excluding hydrogens is 653 g/mol. The predicted molar refractivity (Wildman–Crippen MR) is 227 cm³/mol. The molecule has 9 aromatic rings. The third-order valence-electron chi connectivity index (χ3n) is 11.3. The van der Waals surface area contributed by atoms with E-state index >= 15 is 0 Å². The summed E-state index contributed by atoms with van der Waals surface area (Å²) in [6, 6.07) is 64.1. The molecule has 0 saturated carbocycles. The van der Waals surface area contributed by atoms with Gasteiger partial charge in [0.1, 0.15) is 0 Å². The summed E-state index contributed by atoms with van der Waals surface area (Å²) in [5.41, 5.74) is 18.4. The number of fused-ring (bicyclic) bond motifs is 6. The second-order valence-corrected chi connectivity index (χ2v) is 14.8. The summed E-state index contributed by atoms with van der Waals surface area (Å²) in [5.74, 6) is 0. The first-order valence-corrected chi connectivity index (χ1v) is 18.7. The zero-order valence-electron chi connectivity index (χ0n) is 30.4. The van der Waals surface area contributed by atoms with Crippen LogP contribution in [0.1, 0.15) is 41.7 Å². The van der Waals surface area contributed by atoms with Crippen molar-refractivity contribution in [3.05, 3.63) is 216 Å². The maximum Gasteiger partial charge on any atom is 0.0541 e. The van der Waals surface area contributed by atoms with Crippen LogP contribution in [0.25, 0.3) is 72.5 Å². The molecule has 2 heterocycles. The number of aromatic nitrogens is 2. The monoisotopic (exact) mass is 690 g/mol. The van der Waals surface area contributed by atoms with Crippen molar-refractivity contribution < 1.29 is 0 Å². The summed E-state index contributed by atoms with van der Waals surface area (Å²) in [5, 5.41) is 2.52. The van der Waals surface area contributed by atoms with Gasteiger partial charge in [0.15, 0.2) is 0 Å². The summed E-state index contributed by atoms with van der Waals surface area (Å²) in [7, 11) is 0. The van der Waals surface area contributed by atoms with E-state index in [-0.39, 0.29) is 5.41 Å². The van der Waals surface area contributed by atoms with Gasteiger partial charge in [0.2, 0.25) is 0 Å². The van der Waals surface area contributed by atoms with Gasteiger partial charge in [-0.15, -0.1) is 0 Å². The average molecular weight is 691 g/mol. The lowest BCUT2D eigenvalue weighted by Crippen LogP contribution is -2.17. The van der Waals surface area contributed by atoms with Crippen molar-refractivity contribution in [1.82, 2.24) is 9.55 Å². The molecule has 0 unspecified atom stereocenters. The second-order valence-electron chi connectivity index (χ2n) is 14.8. The summed E-state index contributed by atoms with van der Waals surface area (Å²) >= 11 is 0. The zero-order chi connectivity index (χ0) is 36.2. The van der Waals surface area contributed by atoms with Gasteiger partial charge >= 0.3 is 0 Å². The van der Waals surface area contributed by atoms with Crippen LogP contribution in [0, 0.1) is 0 Å². The molecule has 10 rings (SSSR count). The smallest absolute Gasteiger partial charge is 0.0541 e. The first-order valence-electron chi connectivity index (χ1n) is 18.7. The van der Waals surface area contributed by atoms with E-state index in [9.17, 15) is 0 Å². The molecule has 0 spiro atoms. The number of para-hydroxylation sites is 2. The molecule has 0 fully saturated rings. The largest absolute Gasteiger partial charge is 0.309 e. The summed E-state index contributed by atoms with van der Waals surface area (Å²) in [6.07, 6.45) is 6.10. The molecule has 0 radical (unpaired) electrons. The fraction of sp³-hybridized carbons (Fsp3) is 0.0577. The average Bonchev–Trinajstić information content (AvgIpc) is 3.69. The van der Waals surface area contributed by atoms with E-state index in [2.05, 4.69) is 199 Å². The fourth-order valence-corrected chi connectivity index (χ4v) is 8.71. The van der Waals surface area contributed by atoms with Crippen LogP contribution in [0.2, 0.25) is 0 Å². The van der Waals surface area contributed by atoms with Crippen LogP contribution in [-0.2, 0) is 5.41 Å². The minimum absolute atomic E-state index is 0.139. The van der Waals surface area contributed by atoms with Crippen LogP contribution in [0.15, 0.2) is 188 Å². The summed E-state index contributed by atoms with van der Waals surface area (Å²) in [4.78, 5) is 4.33. The zero-order valence-corrected chi connectivity index (χ0v) is 30.4. The molecule has 0 saturated heterocycles. The van der Waals surface area contributed by atoms with Crippen molar-refractivity contribution in [3.63, 3.8) is 0 Å². The van der Waals surface area contributed by atoms with E-state index in [4.69, 9.17) is 0 Å². The van der Waals surface area contributed by atoms with Gasteiger partial charge in [-0.25, -0.2) is 0 Å². The van der Waals surface area contributed by atoms with Crippen LogP contribution in [0.4, 0.5) is 0 Å². The lowest BCUT2D eigenvalue weighted by molar-refractivity contribution is 0.658. The molecule has 2 nitrogen and oxygen atoms in total. The van der Waals surface area contributed by atoms with E-state index in [1.807, 2.05) is 18.5 Å². The Bertz CT molecular complexity index is 2860. The number of benzene rings is 7. The molecule has 256 valence electrons. The van der Waals surface area contributed by atoms with E-state index in [0.717, 1.165) is 16.7 Å². The van der Waals surface area contributed by atoms with Crippen LogP contribution in [0.3, 0.4) is 0 Å². The third-order valence-corrected chi connectivity index (χ3v) is 11.3. The molecule has 2 heteroatoms. The number of rotatable bonds is 6. The highest BCUT2D eigenvalue weighted by Gasteiger charge is 2.37. The third kappa shape index (κ3) is 5.22. The highest BCUT2D eigenvalue weighted by molar-refractivity contribution is 6.10. The van der Waals surface area contributed by atoms with Gasteiger partial charge in [-0.2, -0.15) is 0 Å². The molecule has 0 amide bonds. The minimum atomic E-state index is -0.139. The second kappa shape index (κ2) is 12.7. The van der Waals surface area contributed by atoms with Crippen molar-refractivity contribution >= 4 is 33.5 Å². The van der Waals surface area contributed by atoms with Crippen LogP contribution >= 0.6 is 0 Å². The molecule has 0 aliphatic heterocycles. The quantitative estimate of drug-likeness (QED) is 0.159. The standard InChI is InChI=1S/C52H38N2/c1-52(2)48-19-8-6-15-42(48)44-17-10-18-45(51(44)52)46(32-35-21-23-37(24-22-35)40-12-11-31-53-34-40)38-27-25-36(26-28-38)39-29-30-50-47(33-39)43-16-7-9-20-49(43)54(50)41-13-4-3-5-14-41/h3-34H,1-2H3. The number of nitrogens with zero attached hydrogens (tertiary/aromatic N) is 2. The van der Waals surface area contributed by atoms with Crippen molar-refractivity contribution in [2.24, 2.45) is 0 Å². The lowest BCUT2D eigenvalue weighted by atomic mass is 9.77. The van der Waals surface area contributed by atoms with Gasteiger partial charge in [0, 0.05) is 34.3 Å². The lowest BCUT2D eigenvalue weighted by Gasteiger charge is -2.25. The Morgan fingerprint density at radius 3 is 2.04 bits per heavy atom. The Balaban J connectivity index is 1.09. The van der Waals surface area contributed by atoms with Crippen LogP contribution < -0.4 is 0 Å². The molecule has 54 heavy (non-hydrogen) atoms. The summed E-state index contributed by atoms with van der Waals surface area (Å²) in [6.45, 7) is 4.74. The first kappa shape index (κ1) is 31.9. The van der Waals surface area contributed by atoms with E-state index in [1.54, 1.807) is 0 Å². The Labute approximate surface area is 316 Å². The van der Waals surface area contributed by atoms with Gasteiger partial charge in [-0.05, 0) is 109 Å². The highest BCUT2D eigenvalue weighted by atomic mass is 15.0. The molecule has 7 aromatic carbocycles. The number of hydrogen-bond donors (Lipinski definition) is 0. The van der Waals surface area contributed by atoms with Gasteiger partial charge in [-0.3, -0.25) is 4.98 Å². The molecular formula is C52H38N2. The van der Waals surface area contributed by atoms with E-state index in [0.29, 0.717) is 0 Å². The van der Waals surface area contributed by atoms with Crippen molar-refractivity contribution in [2.75, 3.05) is 0 Å². The highest BCUT2D eigenvalue weighted by Crippen LogP contribution is 2.52. The summed E-state index contributed by atoms with van der Waals surface area (Å²) < 4.78 is 2.37. The molecule has 0 N–H and O–H groups in total. The fourth-order valence-electron chi connectivity index (χ4n) is 8.71. The number of hydrogen-bond acceptors (Lipinski definition) is 1. The van der Waals surface area contributed by atoms with E-state index in [1.165, 1.54) is 77.6 Å². The molecule has 0 bridgehead atoms. The predicted octanol–water partition coefficient (Wildman–Crippen LogP) is 13.4. The maximum absolute atomic E-state index is 4.33. The van der Waals surface area contributed by atoms with Gasteiger partial charge < -0.3 is 4.57 Å². The molecule has 2 aromatic heterocycles.